The quantitative estimate of drug-likeness (QED) is 0.677. The molecule has 1 aliphatic rings. The molecular formula is C12H25NO2. The second kappa shape index (κ2) is 7.20. The molecule has 1 saturated heterocycles. The van der Waals surface area contributed by atoms with Crippen molar-refractivity contribution >= 4 is 0 Å². The molecule has 0 aromatic carbocycles. The van der Waals surface area contributed by atoms with Crippen molar-refractivity contribution in [1.29, 1.82) is 0 Å². The Hall–Kier alpha value is -0.120. The number of nitrogens with one attached hydrogen (secondary N) is 1. The third kappa shape index (κ3) is 4.49. The third-order valence-electron chi connectivity index (χ3n) is 3.33. The average Bonchev–Trinajstić information content (AvgIpc) is 2.77. The maximum atomic E-state index is 9.44. The van der Waals surface area contributed by atoms with E-state index in [2.05, 4.69) is 12.2 Å². The highest BCUT2D eigenvalue weighted by Gasteiger charge is 2.23. The Bertz CT molecular complexity index is 158. The van der Waals surface area contributed by atoms with Crippen LogP contribution in [0.15, 0.2) is 0 Å². The largest absolute Gasteiger partial charge is 0.393 e. The molecule has 1 rings (SSSR count). The summed E-state index contributed by atoms with van der Waals surface area (Å²) in [5.74, 6) is 0.675. The first-order chi connectivity index (χ1) is 7.27. The molecule has 3 unspecified atom stereocenters. The molecule has 0 spiro atoms. The van der Waals surface area contributed by atoms with Gasteiger partial charge in [-0.1, -0.05) is 13.8 Å². The van der Waals surface area contributed by atoms with E-state index in [1.165, 1.54) is 6.42 Å². The summed E-state index contributed by atoms with van der Waals surface area (Å²) in [7, 11) is 0. The molecule has 15 heavy (non-hydrogen) atoms. The Labute approximate surface area is 93.2 Å². The molecule has 3 heteroatoms. The molecule has 0 bridgehead atoms. The van der Waals surface area contributed by atoms with Gasteiger partial charge in [0.2, 0.25) is 0 Å². The number of aliphatic hydroxyl groups excluding tert-OH is 1. The minimum absolute atomic E-state index is 0.144. The van der Waals surface area contributed by atoms with Gasteiger partial charge in [-0.2, -0.15) is 0 Å². The van der Waals surface area contributed by atoms with E-state index in [1.807, 2.05) is 6.92 Å². The van der Waals surface area contributed by atoms with Gasteiger partial charge in [0.25, 0.3) is 0 Å². The Kier molecular flexibility index (Phi) is 6.22. The van der Waals surface area contributed by atoms with Crippen LogP contribution < -0.4 is 5.32 Å². The summed E-state index contributed by atoms with van der Waals surface area (Å²) in [5, 5.41) is 13.0. The minimum Gasteiger partial charge on any atom is -0.393 e. The lowest BCUT2D eigenvalue weighted by molar-refractivity contribution is 0.153. The smallest absolute Gasteiger partial charge is 0.0549 e. The molecule has 1 aliphatic heterocycles. The molecule has 0 amide bonds. The summed E-state index contributed by atoms with van der Waals surface area (Å²) in [4.78, 5) is 0. The number of hydrogen-bond acceptors (Lipinski definition) is 3. The van der Waals surface area contributed by atoms with Crippen LogP contribution >= 0.6 is 0 Å². The van der Waals surface area contributed by atoms with Crippen LogP contribution in [0.25, 0.3) is 0 Å². The highest BCUT2D eigenvalue weighted by atomic mass is 16.5. The van der Waals surface area contributed by atoms with E-state index in [1.54, 1.807) is 0 Å². The Balaban J connectivity index is 2.15. The zero-order valence-corrected chi connectivity index (χ0v) is 10.0. The summed E-state index contributed by atoms with van der Waals surface area (Å²) >= 11 is 0. The predicted molar refractivity (Wildman–Crippen MR) is 61.9 cm³/mol. The maximum absolute atomic E-state index is 9.44. The van der Waals surface area contributed by atoms with Crippen molar-refractivity contribution in [3.05, 3.63) is 0 Å². The highest BCUT2D eigenvalue weighted by Crippen LogP contribution is 2.18. The minimum atomic E-state index is -0.144. The zero-order chi connectivity index (χ0) is 11.1. The van der Waals surface area contributed by atoms with Crippen molar-refractivity contribution in [1.82, 2.24) is 5.32 Å². The van der Waals surface area contributed by atoms with Crippen LogP contribution in [-0.4, -0.2) is 37.0 Å². The van der Waals surface area contributed by atoms with Crippen LogP contribution in [0.4, 0.5) is 0 Å². The van der Waals surface area contributed by atoms with Gasteiger partial charge in [-0.05, 0) is 38.1 Å². The number of hydrogen-bond donors (Lipinski definition) is 2. The third-order valence-corrected chi connectivity index (χ3v) is 3.33. The van der Waals surface area contributed by atoms with Crippen molar-refractivity contribution in [2.24, 2.45) is 5.92 Å². The Morgan fingerprint density at radius 2 is 2.20 bits per heavy atom. The van der Waals surface area contributed by atoms with Gasteiger partial charge >= 0.3 is 0 Å². The molecule has 3 nitrogen and oxygen atoms in total. The summed E-state index contributed by atoms with van der Waals surface area (Å²) in [6.07, 6.45) is 3.90. The number of ether oxygens (including phenoxy) is 1. The predicted octanol–water partition coefficient (Wildman–Crippen LogP) is 1.55. The monoisotopic (exact) mass is 215 g/mol. The molecule has 0 radical (unpaired) electrons. The van der Waals surface area contributed by atoms with Gasteiger partial charge in [0.15, 0.2) is 0 Å². The summed E-state index contributed by atoms with van der Waals surface area (Å²) in [5.41, 5.74) is 0. The normalized spacial score (nSPS) is 25.4. The number of rotatable bonds is 7. The first-order valence-electron chi connectivity index (χ1n) is 6.27. The van der Waals surface area contributed by atoms with Crippen LogP contribution in [0.5, 0.6) is 0 Å². The van der Waals surface area contributed by atoms with E-state index < -0.39 is 0 Å². The summed E-state index contributed by atoms with van der Waals surface area (Å²) < 4.78 is 5.40. The first kappa shape index (κ1) is 12.9. The van der Waals surface area contributed by atoms with Crippen LogP contribution in [0, 0.1) is 5.92 Å². The number of aliphatic hydroxyl groups is 1. The molecule has 0 saturated carbocycles. The van der Waals surface area contributed by atoms with E-state index in [9.17, 15) is 5.11 Å². The van der Waals surface area contributed by atoms with Crippen LogP contribution in [0.3, 0.4) is 0 Å². The van der Waals surface area contributed by atoms with Crippen LogP contribution in [0.2, 0.25) is 0 Å². The van der Waals surface area contributed by atoms with Crippen LogP contribution in [-0.2, 0) is 4.74 Å². The van der Waals surface area contributed by atoms with Gasteiger partial charge in [0, 0.05) is 12.6 Å². The van der Waals surface area contributed by atoms with Gasteiger partial charge < -0.3 is 15.2 Å². The fourth-order valence-electron chi connectivity index (χ4n) is 2.15. The lowest BCUT2D eigenvalue weighted by atomic mass is 9.96. The molecule has 3 atom stereocenters. The lowest BCUT2D eigenvalue weighted by Gasteiger charge is -2.22. The van der Waals surface area contributed by atoms with Crippen molar-refractivity contribution in [3.8, 4) is 0 Å². The van der Waals surface area contributed by atoms with E-state index in [4.69, 9.17) is 4.74 Å². The van der Waals surface area contributed by atoms with Gasteiger partial charge in [-0.25, -0.2) is 0 Å². The molecule has 0 aromatic heterocycles. The second-order valence-electron chi connectivity index (χ2n) is 4.44. The highest BCUT2D eigenvalue weighted by molar-refractivity contribution is 4.78. The average molecular weight is 215 g/mol. The topological polar surface area (TPSA) is 41.5 Å². The molecule has 1 heterocycles. The van der Waals surface area contributed by atoms with E-state index in [0.717, 1.165) is 39.0 Å². The summed E-state index contributed by atoms with van der Waals surface area (Å²) in [6, 6.07) is 0.566. The maximum Gasteiger partial charge on any atom is 0.0549 e. The first-order valence-corrected chi connectivity index (χ1v) is 6.27. The fourth-order valence-corrected chi connectivity index (χ4v) is 2.15. The van der Waals surface area contributed by atoms with Crippen molar-refractivity contribution in [2.45, 2.75) is 51.7 Å². The van der Waals surface area contributed by atoms with E-state index in [-0.39, 0.29) is 6.10 Å². The SMILES string of the molecule is CCC(O)CCNC(CC)C1CCOC1. The van der Waals surface area contributed by atoms with Crippen LogP contribution in [0.1, 0.15) is 39.5 Å². The van der Waals surface area contributed by atoms with E-state index in [0.29, 0.717) is 12.0 Å². The zero-order valence-electron chi connectivity index (χ0n) is 10.0. The van der Waals surface area contributed by atoms with Crippen molar-refractivity contribution in [3.63, 3.8) is 0 Å². The molecule has 0 aromatic rings. The Morgan fingerprint density at radius 1 is 1.40 bits per heavy atom. The summed E-state index contributed by atoms with van der Waals surface area (Å²) in [6.45, 7) is 6.98. The van der Waals surface area contributed by atoms with Crippen molar-refractivity contribution < 1.29 is 9.84 Å². The standard InChI is InChI=1S/C12H25NO2/c1-3-11(14)5-7-13-12(4-2)10-6-8-15-9-10/h10-14H,3-9H2,1-2H3. The van der Waals surface area contributed by atoms with E-state index >= 15 is 0 Å². The molecule has 0 aliphatic carbocycles. The van der Waals surface area contributed by atoms with Gasteiger partial charge in [-0.3, -0.25) is 0 Å². The lowest BCUT2D eigenvalue weighted by Crippen LogP contribution is -2.37. The van der Waals surface area contributed by atoms with Gasteiger partial charge in [-0.15, -0.1) is 0 Å². The van der Waals surface area contributed by atoms with Gasteiger partial charge in [0.1, 0.15) is 0 Å². The molecule has 1 fully saturated rings. The Morgan fingerprint density at radius 3 is 2.73 bits per heavy atom. The molecule has 2 N–H and O–H groups in total. The molecule has 90 valence electrons. The van der Waals surface area contributed by atoms with Crippen molar-refractivity contribution in [2.75, 3.05) is 19.8 Å². The molecular weight excluding hydrogens is 190 g/mol. The fraction of sp³-hybridized carbons (Fsp3) is 1.00. The second-order valence-corrected chi connectivity index (χ2v) is 4.44. The van der Waals surface area contributed by atoms with Gasteiger partial charge in [0.05, 0.1) is 12.7 Å².